The average molecular weight is 253 g/mol. The maximum atomic E-state index is 12.3. The van der Waals surface area contributed by atoms with Gasteiger partial charge < -0.3 is 19.8 Å². The highest BCUT2D eigenvalue weighted by Gasteiger charge is 2.24. The third-order valence-corrected chi connectivity index (χ3v) is 3.24. The highest BCUT2D eigenvalue weighted by atomic mass is 16.5. The van der Waals surface area contributed by atoms with Crippen molar-refractivity contribution in [1.29, 1.82) is 0 Å². The van der Waals surface area contributed by atoms with E-state index >= 15 is 0 Å². The number of nitrogens with zero attached hydrogens (tertiary/aromatic N) is 2. The molecule has 1 saturated heterocycles. The molecule has 1 aromatic heterocycles. The van der Waals surface area contributed by atoms with Crippen LogP contribution in [0.4, 0.5) is 0 Å². The molecule has 1 aliphatic heterocycles. The monoisotopic (exact) mass is 253 g/mol. The number of aliphatic hydroxyl groups excluding tert-OH is 1. The first-order valence-electron chi connectivity index (χ1n) is 6.27. The number of aliphatic hydroxyl groups is 1. The third kappa shape index (κ3) is 2.88. The van der Waals surface area contributed by atoms with Gasteiger partial charge in [-0.2, -0.15) is 0 Å². The van der Waals surface area contributed by atoms with Crippen molar-refractivity contribution < 1.29 is 14.4 Å². The molecule has 1 amide bonds. The van der Waals surface area contributed by atoms with Gasteiger partial charge in [0.1, 0.15) is 11.3 Å². The van der Waals surface area contributed by atoms with Crippen LogP contribution in [0.2, 0.25) is 0 Å². The first-order chi connectivity index (χ1) is 8.72. The Hall–Kier alpha value is -1.40. The van der Waals surface area contributed by atoms with Gasteiger partial charge in [-0.3, -0.25) is 4.79 Å². The molecule has 1 fully saturated rings. The Balaban J connectivity index is 2.04. The molecule has 2 N–H and O–H groups in total. The van der Waals surface area contributed by atoms with E-state index < -0.39 is 0 Å². The number of aryl methyl sites for hydroxylation is 1. The summed E-state index contributed by atoms with van der Waals surface area (Å²) in [6.07, 6.45) is 3.64. The Morgan fingerprint density at radius 2 is 2.56 bits per heavy atom. The van der Waals surface area contributed by atoms with E-state index in [0.717, 1.165) is 19.4 Å². The van der Waals surface area contributed by atoms with Crippen molar-refractivity contribution in [3.05, 3.63) is 17.5 Å². The lowest BCUT2D eigenvalue weighted by Crippen LogP contribution is -2.42. The Labute approximate surface area is 106 Å². The maximum absolute atomic E-state index is 12.3. The number of carbonyl (C=O) groups is 1. The quantitative estimate of drug-likeness (QED) is 0.782. The van der Waals surface area contributed by atoms with Gasteiger partial charge in [0.05, 0.1) is 12.8 Å². The number of nitrogens with one attached hydrogen (secondary N) is 1. The lowest BCUT2D eigenvalue weighted by molar-refractivity contribution is 0.0705. The summed E-state index contributed by atoms with van der Waals surface area (Å²) >= 11 is 0. The van der Waals surface area contributed by atoms with Crippen molar-refractivity contribution in [2.75, 3.05) is 26.2 Å². The van der Waals surface area contributed by atoms with Gasteiger partial charge in [0.2, 0.25) is 0 Å². The van der Waals surface area contributed by atoms with Crippen LogP contribution in [0.1, 0.15) is 29.0 Å². The van der Waals surface area contributed by atoms with Gasteiger partial charge in [0.15, 0.2) is 0 Å². The molecule has 100 valence electrons. The van der Waals surface area contributed by atoms with Crippen molar-refractivity contribution in [1.82, 2.24) is 15.4 Å². The molecule has 0 saturated carbocycles. The van der Waals surface area contributed by atoms with E-state index in [1.807, 2.05) is 0 Å². The van der Waals surface area contributed by atoms with Gasteiger partial charge in [-0.25, -0.2) is 0 Å². The summed E-state index contributed by atoms with van der Waals surface area (Å²) < 4.78 is 4.91. The molecule has 18 heavy (non-hydrogen) atoms. The summed E-state index contributed by atoms with van der Waals surface area (Å²) in [4.78, 5) is 13.9. The summed E-state index contributed by atoms with van der Waals surface area (Å²) in [6.45, 7) is 3.62. The molecule has 0 radical (unpaired) electrons. The fourth-order valence-corrected chi connectivity index (χ4v) is 2.25. The highest BCUT2D eigenvalue weighted by Crippen LogP contribution is 2.13. The molecule has 0 bridgehead atoms. The summed E-state index contributed by atoms with van der Waals surface area (Å²) in [5.41, 5.74) is 0.474. The number of amides is 1. The van der Waals surface area contributed by atoms with Crippen molar-refractivity contribution in [3.63, 3.8) is 0 Å². The van der Waals surface area contributed by atoms with Gasteiger partial charge in [0.25, 0.3) is 5.91 Å². The molecule has 2 heterocycles. The average Bonchev–Trinajstić information content (AvgIpc) is 2.99. The highest BCUT2D eigenvalue weighted by molar-refractivity contribution is 5.94. The Bertz CT molecular complexity index is 399. The van der Waals surface area contributed by atoms with E-state index in [-0.39, 0.29) is 12.5 Å². The second-order valence-corrected chi connectivity index (χ2v) is 4.56. The van der Waals surface area contributed by atoms with Crippen LogP contribution in [0.5, 0.6) is 0 Å². The molecule has 6 heteroatoms. The normalized spacial score (nSPS) is 19.1. The van der Waals surface area contributed by atoms with Crippen LogP contribution >= 0.6 is 0 Å². The fraction of sp³-hybridized carbons (Fsp3) is 0.667. The van der Waals surface area contributed by atoms with Crippen LogP contribution in [0, 0.1) is 6.92 Å². The molecular formula is C12H19N3O3. The van der Waals surface area contributed by atoms with Crippen molar-refractivity contribution >= 4 is 5.91 Å². The van der Waals surface area contributed by atoms with E-state index in [2.05, 4.69) is 10.5 Å². The van der Waals surface area contributed by atoms with E-state index in [1.54, 1.807) is 11.8 Å². The molecule has 1 unspecified atom stereocenters. The minimum Gasteiger partial charge on any atom is -0.395 e. The molecule has 1 aromatic rings. The Morgan fingerprint density at radius 3 is 3.11 bits per heavy atom. The SMILES string of the molecule is Cc1oncc1C(=O)N(CCO)CC1CCCN1. The van der Waals surface area contributed by atoms with Gasteiger partial charge in [-0.05, 0) is 26.3 Å². The lowest BCUT2D eigenvalue weighted by atomic mass is 10.2. The zero-order chi connectivity index (χ0) is 13.0. The van der Waals surface area contributed by atoms with Crippen molar-refractivity contribution in [2.45, 2.75) is 25.8 Å². The van der Waals surface area contributed by atoms with Crippen LogP contribution in [0.15, 0.2) is 10.7 Å². The Kier molecular flexibility index (Phi) is 4.33. The van der Waals surface area contributed by atoms with E-state index in [9.17, 15) is 4.79 Å². The van der Waals surface area contributed by atoms with Crippen LogP contribution < -0.4 is 5.32 Å². The van der Waals surface area contributed by atoms with E-state index in [1.165, 1.54) is 6.20 Å². The summed E-state index contributed by atoms with van der Waals surface area (Å²) in [6, 6.07) is 0.320. The molecule has 6 nitrogen and oxygen atoms in total. The zero-order valence-electron chi connectivity index (χ0n) is 10.6. The third-order valence-electron chi connectivity index (χ3n) is 3.24. The van der Waals surface area contributed by atoms with Gasteiger partial charge >= 0.3 is 0 Å². The minimum atomic E-state index is -0.128. The van der Waals surface area contributed by atoms with Crippen LogP contribution in [0.3, 0.4) is 0 Å². The number of carbonyl (C=O) groups excluding carboxylic acids is 1. The van der Waals surface area contributed by atoms with Crippen molar-refractivity contribution in [2.24, 2.45) is 0 Å². The molecule has 0 aromatic carbocycles. The molecule has 1 atom stereocenters. The molecule has 2 rings (SSSR count). The van der Waals surface area contributed by atoms with Gasteiger partial charge in [-0.15, -0.1) is 0 Å². The van der Waals surface area contributed by atoms with Gasteiger partial charge in [0, 0.05) is 19.1 Å². The first-order valence-corrected chi connectivity index (χ1v) is 6.27. The predicted octanol–water partition coefficient (Wildman–Crippen LogP) is 0.170. The molecule has 0 spiro atoms. The number of hydrogen-bond donors (Lipinski definition) is 2. The number of aromatic nitrogens is 1. The van der Waals surface area contributed by atoms with Gasteiger partial charge in [-0.1, -0.05) is 5.16 Å². The van der Waals surface area contributed by atoms with Crippen LogP contribution in [-0.4, -0.2) is 53.4 Å². The smallest absolute Gasteiger partial charge is 0.259 e. The number of rotatable bonds is 5. The lowest BCUT2D eigenvalue weighted by Gasteiger charge is -2.24. The Morgan fingerprint density at radius 1 is 1.72 bits per heavy atom. The predicted molar refractivity (Wildman–Crippen MR) is 65.3 cm³/mol. The molecule has 1 aliphatic rings. The second kappa shape index (κ2) is 5.97. The zero-order valence-corrected chi connectivity index (χ0v) is 10.6. The summed E-state index contributed by atoms with van der Waals surface area (Å²) in [5.74, 6) is 0.388. The number of hydrogen-bond acceptors (Lipinski definition) is 5. The second-order valence-electron chi connectivity index (χ2n) is 4.56. The summed E-state index contributed by atoms with van der Waals surface area (Å²) in [5, 5.41) is 16.0. The van der Waals surface area contributed by atoms with E-state index in [0.29, 0.717) is 30.5 Å². The first kappa shape index (κ1) is 13.0. The molecular weight excluding hydrogens is 234 g/mol. The summed E-state index contributed by atoms with van der Waals surface area (Å²) in [7, 11) is 0. The van der Waals surface area contributed by atoms with Crippen molar-refractivity contribution in [3.8, 4) is 0 Å². The largest absolute Gasteiger partial charge is 0.395 e. The minimum absolute atomic E-state index is 0.0389. The van der Waals surface area contributed by atoms with Crippen LogP contribution in [-0.2, 0) is 0 Å². The standard InChI is InChI=1S/C12H19N3O3/c1-9-11(7-14-18-9)12(17)15(5-6-16)8-10-3-2-4-13-10/h7,10,13,16H,2-6,8H2,1H3. The maximum Gasteiger partial charge on any atom is 0.259 e. The van der Waals surface area contributed by atoms with Crippen LogP contribution in [0.25, 0.3) is 0 Å². The fourth-order valence-electron chi connectivity index (χ4n) is 2.25. The molecule has 0 aliphatic carbocycles. The van der Waals surface area contributed by atoms with E-state index in [4.69, 9.17) is 9.63 Å². The topological polar surface area (TPSA) is 78.6 Å².